The molecular formula is C21H24O5S. The van der Waals surface area contributed by atoms with E-state index in [1.807, 2.05) is 13.0 Å². The molecule has 1 saturated heterocycles. The summed E-state index contributed by atoms with van der Waals surface area (Å²) in [6.45, 7) is 3.38. The van der Waals surface area contributed by atoms with E-state index in [0.717, 1.165) is 30.4 Å². The Morgan fingerprint density at radius 2 is 1.78 bits per heavy atom. The quantitative estimate of drug-likeness (QED) is 0.736. The molecule has 0 aromatic heterocycles. The summed E-state index contributed by atoms with van der Waals surface area (Å²) in [5.74, 6) is -0.431. The number of rotatable bonds is 5. The van der Waals surface area contributed by atoms with Gasteiger partial charge in [0.05, 0.1) is 24.7 Å². The van der Waals surface area contributed by atoms with Crippen LogP contribution in [0, 0.1) is 6.92 Å². The third-order valence-corrected chi connectivity index (χ3v) is 6.58. The van der Waals surface area contributed by atoms with Crippen LogP contribution in [0.25, 0.3) is 0 Å². The Morgan fingerprint density at radius 1 is 1.04 bits per heavy atom. The fourth-order valence-electron chi connectivity index (χ4n) is 3.73. The molecule has 0 saturated carbocycles. The molecule has 27 heavy (non-hydrogen) atoms. The van der Waals surface area contributed by atoms with Gasteiger partial charge in [-0.25, -0.2) is 0 Å². The van der Waals surface area contributed by atoms with Crippen molar-refractivity contribution in [3.8, 4) is 0 Å². The van der Waals surface area contributed by atoms with Crippen molar-refractivity contribution in [2.45, 2.75) is 43.3 Å². The summed E-state index contributed by atoms with van der Waals surface area (Å²) >= 11 is 0. The van der Waals surface area contributed by atoms with Crippen LogP contribution in [0.3, 0.4) is 0 Å². The lowest BCUT2D eigenvalue weighted by Crippen LogP contribution is -2.37. The second-order valence-corrected chi connectivity index (χ2v) is 8.84. The zero-order valence-electron chi connectivity index (χ0n) is 15.4. The van der Waals surface area contributed by atoms with Crippen molar-refractivity contribution >= 4 is 10.1 Å². The Kier molecular flexibility index (Phi) is 5.07. The van der Waals surface area contributed by atoms with Gasteiger partial charge >= 0.3 is 0 Å². The lowest BCUT2D eigenvalue weighted by molar-refractivity contribution is -0.163. The largest absolute Gasteiger partial charge is 0.347 e. The van der Waals surface area contributed by atoms with Gasteiger partial charge in [0.1, 0.15) is 0 Å². The molecule has 2 aromatic carbocycles. The van der Waals surface area contributed by atoms with Gasteiger partial charge in [-0.3, -0.25) is 4.18 Å². The van der Waals surface area contributed by atoms with Crippen LogP contribution >= 0.6 is 0 Å². The summed E-state index contributed by atoms with van der Waals surface area (Å²) < 4.78 is 41.4. The highest BCUT2D eigenvalue weighted by atomic mass is 32.2. The minimum Gasteiger partial charge on any atom is -0.347 e. The SMILES string of the molecule is Cc1ccc(S(=O)(=O)OCCc2ccc3c(c2)CCC2(C3)OCCO2)cc1. The van der Waals surface area contributed by atoms with Crippen molar-refractivity contribution in [2.24, 2.45) is 0 Å². The molecular weight excluding hydrogens is 364 g/mol. The second kappa shape index (κ2) is 7.36. The lowest BCUT2D eigenvalue weighted by atomic mass is 9.86. The van der Waals surface area contributed by atoms with E-state index in [4.69, 9.17) is 13.7 Å². The first-order chi connectivity index (χ1) is 13.0. The number of fused-ring (bicyclic) bond motifs is 1. The molecule has 0 bridgehead atoms. The minimum absolute atomic E-state index is 0.130. The van der Waals surface area contributed by atoms with Crippen molar-refractivity contribution in [1.82, 2.24) is 0 Å². The molecule has 6 heteroatoms. The highest BCUT2D eigenvalue weighted by Gasteiger charge is 2.39. The van der Waals surface area contributed by atoms with Gasteiger partial charge in [0, 0.05) is 12.8 Å². The average Bonchev–Trinajstić information content (AvgIpc) is 3.10. The van der Waals surface area contributed by atoms with Gasteiger partial charge in [0.15, 0.2) is 5.79 Å². The summed E-state index contributed by atoms with van der Waals surface area (Å²) in [5.41, 5.74) is 4.63. The van der Waals surface area contributed by atoms with Gasteiger partial charge in [-0.15, -0.1) is 0 Å². The van der Waals surface area contributed by atoms with Crippen molar-refractivity contribution in [1.29, 1.82) is 0 Å². The topological polar surface area (TPSA) is 61.8 Å². The average molecular weight is 388 g/mol. The normalized spacial score (nSPS) is 18.6. The van der Waals surface area contributed by atoms with E-state index in [2.05, 4.69) is 12.1 Å². The van der Waals surface area contributed by atoms with E-state index in [1.54, 1.807) is 24.3 Å². The summed E-state index contributed by atoms with van der Waals surface area (Å²) in [5, 5.41) is 0. The van der Waals surface area contributed by atoms with E-state index < -0.39 is 15.9 Å². The fraction of sp³-hybridized carbons (Fsp3) is 0.429. The number of aryl methyl sites for hydroxylation is 2. The van der Waals surface area contributed by atoms with E-state index >= 15 is 0 Å². The minimum atomic E-state index is -3.71. The van der Waals surface area contributed by atoms with Crippen LogP contribution < -0.4 is 0 Å². The Labute approximate surface area is 160 Å². The van der Waals surface area contributed by atoms with Gasteiger partial charge in [0.25, 0.3) is 10.1 Å². The van der Waals surface area contributed by atoms with Crippen LogP contribution in [-0.2, 0) is 43.0 Å². The third-order valence-electron chi connectivity index (χ3n) is 5.26. The number of ether oxygens (including phenoxy) is 2. The third kappa shape index (κ3) is 4.09. The van der Waals surface area contributed by atoms with Gasteiger partial charge in [0.2, 0.25) is 0 Å². The van der Waals surface area contributed by atoms with Crippen LogP contribution in [0.1, 0.15) is 28.7 Å². The fourth-order valence-corrected chi connectivity index (χ4v) is 4.64. The van der Waals surface area contributed by atoms with E-state index in [0.29, 0.717) is 19.6 Å². The predicted molar refractivity (Wildman–Crippen MR) is 101 cm³/mol. The van der Waals surface area contributed by atoms with Crippen molar-refractivity contribution in [2.75, 3.05) is 19.8 Å². The molecule has 0 unspecified atom stereocenters. The molecule has 4 rings (SSSR count). The molecule has 1 heterocycles. The van der Waals surface area contributed by atoms with E-state index in [-0.39, 0.29) is 11.5 Å². The maximum atomic E-state index is 12.3. The molecule has 144 valence electrons. The Bertz CT molecular complexity index is 912. The first-order valence-corrected chi connectivity index (χ1v) is 10.7. The van der Waals surface area contributed by atoms with Gasteiger partial charge in [-0.1, -0.05) is 35.9 Å². The number of benzene rings is 2. The van der Waals surface area contributed by atoms with Gasteiger partial charge in [-0.2, -0.15) is 8.42 Å². The molecule has 2 aliphatic rings. The molecule has 0 amide bonds. The monoisotopic (exact) mass is 388 g/mol. The maximum absolute atomic E-state index is 12.3. The Hall–Kier alpha value is -1.73. The van der Waals surface area contributed by atoms with Crippen LogP contribution in [0.4, 0.5) is 0 Å². The Morgan fingerprint density at radius 3 is 2.52 bits per heavy atom. The Balaban J connectivity index is 1.37. The second-order valence-electron chi connectivity index (χ2n) is 7.23. The molecule has 1 spiro atoms. The molecule has 5 nitrogen and oxygen atoms in total. The van der Waals surface area contributed by atoms with Crippen LogP contribution in [-0.4, -0.2) is 34.0 Å². The highest BCUT2D eigenvalue weighted by Crippen LogP contribution is 2.35. The molecule has 1 aliphatic carbocycles. The van der Waals surface area contributed by atoms with Gasteiger partial charge in [-0.05, 0) is 48.6 Å². The predicted octanol–water partition coefficient (Wildman–Crippen LogP) is 3.17. The number of hydrogen-bond donors (Lipinski definition) is 0. The maximum Gasteiger partial charge on any atom is 0.296 e. The smallest absolute Gasteiger partial charge is 0.296 e. The number of hydrogen-bond acceptors (Lipinski definition) is 5. The highest BCUT2D eigenvalue weighted by molar-refractivity contribution is 7.86. The molecule has 1 aliphatic heterocycles. The first kappa shape index (κ1) is 18.6. The summed E-state index contributed by atoms with van der Waals surface area (Å²) in [6.07, 6.45) is 3.10. The summed E-state index contributed by atoms with van der Waals surface area (Å²) in [4.78, 5) is 0.195. The summed E-state index contributed by atoms with van der Waals surface area (Å²) in [6, 6.07) is 13.0. The zero-order valence-corrected chi connectivity index (χ0v) is 16.3. The molecule has 0 radical (unpaired) electrons. The van der Waals surface area contributed by atoms with Crippen LogP contribution in [0.2, 0.25) is 0 Å². The molecule has 0 atom stereocenters. The standard InChI is InChI=1S/C21H24O5S/c1-16-2-6-20(7-3-16)27(22,23)26-11-9-17-4-5-19-15-21(24-12-13-25-21)10-8-18(19)14-17/h2-7,14H,8-13,15H2,1H3. The van der Waals surface area contributed by atoms with Crippen LogP contribution in [0.15, 0.2) is 47.4 Å². The van der Waals surface area contributed by atoms with Gasteiger partial charge < -0.3 is 9.47 Å². The molecule has 2 aromatic rings. The lowest BCUT2D eigenvalue weighted by Gasteiger charge is -2.33. The van der Waals surface area contributed by atoms with Crippen LogP contribution in [0.5, 0.6) is 0 Å². The van der Waals surface area contributed by atoms with Crippen molar-refractivity contribution in [3.63, 3.8) is 0 Å². The van der Waals surface area contributed by atoms with E-state index in [9.17, 15) is 8.42 Å². The molecule has 0 N–H and O–H groups in total. The zero-order chi connectivity index (χ0) is 18.9. The van der Waals surface area contributed by atoms with E-state index in [1.165, 1.54) is 11.1 Å². The summed E-state index contributed by atoms with van der Waals surface area (Å²) in [7, 11) is -3.71. The molecule has 1 fully saturated rings. The first-order valence-electron chi connectivity index (χ1n) is 9.31. The van der Waals surface area contributed by atoms with Crippen molar-refractivity contribution < 1.29 is 22.1 Å². The van der Waals surface area contributed by atoms with Crippen molar-refractivity contribution in [3.05, 3.63) is 64.7 Å².